The average Bonchev–Trinajstić information content (AvgIpc) is 2.24. The third-order valence-corrected chi connectivity index (χ3v) is 3.12. The van der Waals surface area contributed by atoms with E-state index in [0.717, 1.165) is 16.5 Å². The second-order valence-corrected chi connectivity index (χ2v) is 9.85. The molecule has 2 rings (SSSR count). The minimum absolute atomic E-state index is 0.259. The predicted molar refractivity (Wildman–Crippen MR) is 73.6 cm³/mol. The van der Waals surface area contributed by atoms with Crippen molar-refractivity contribution < 1.29 is 5.11 Å². The van der Waals surface area contributed by atoms with Gasteiger partial charge in [0.1, 0.15) is 13.8 Å². The van der Waals surface area contributed by atoms with Crippen molar-refractivity contribution in [2.24, 2.45) is 0 Å². The zero-order chi connectivity index (χ0) is 12.5. The fourth-order valence-corrected chi connectivity index (χ4v) is 1.97. The standard InChI is InChI=1S/C14H15NOSi/c1-17(2,3)7-6-11-8-12-9-13(16)4-5-14(12)15-10-11/h4-5,8-10,16H,1-3H3. The normalized spacial score (nSPS) is 11.0. The van der Waals surface area contributed by atoms with Crippen LogP contribution in [0.3, 0.4) is 0 Å². The number of nitrogens with zero attached hydrogens (tertiary/aromatic N) is 1. The van der Waals surface area contributed by atoms with Crippen molar-refractivity contribution in [2.75, 3.05) is 0 Å². The van der Waals surface area contributed by atoms with Crippen molar-refractivity contribution in [2.45, 2.75) is 19.6 Å². The lowest BCUT2D eigenvalue weighted by atomic mass is 10.1. The Balaban J connectivity index is 2.46. The first-order chi connectivity index (χ1) is 7.94. The zero-order valence-electron chi connectivity index (χ0n) is 10.3. The second-order valence-electron chi connectivity index (χ2n) is 5.10. The van der Waals surface area contributed by atoms with E-state index < -0.39 is 8.07 Å². The van der Waals surface area contributed by atoms with Crippen molar-refractivity contribution >= 4 is 19.0 Å². The number of phenols is 1. The van der Waals surface area contributed by atoms with Crippen LogP contribution in [0.15, 0.2) is 30.5 Å². The molecule has 0 unspecified atom stereocenters. The summed E-state index contributed by atoms with van der Waals surface area (Å²) in [4.78, 5) is 4.32. The first-order valence-corrected chi connectivity index (χ1v) is 9.06. The van der Waals surface area contributed by atoms with Gasteiger partial charge in [-0.2, -0.15) is 0 Å². The first-order valence-electron chi connectivity index (χ1n) is 5.56. The Morgan fingerprint density at radius 2 is 1.94 bits per heavy atom. The van der Waals surface area contributed by atoms with Gasteiger partial charge in [-0.1, -0.05) is 25.6 Å². The minimum Gasteiger partial charge on any atom is -0.508 e. The maximum atomic E-state index is 9.42. The summed E-state index contributed by atoms with van der Waals surface area (Å²) in [5.74, 6) is 3.42. The van der Waals surface area contributed by atoms with Crippen LogP contribution in [0.4, 0.5) is 0 Å². The molecule has 86 valence electrons. The molecular formula is C14H15NOSi. The topological polar surface area (TPSA) is 33.1 Å². The molecule has 0 radical (unpaired) electrons. The number of benzene rings is 1. The van der Waals surface area contributed by atoms with Gasteiger partial charge in [0, 0.05) is 17.1 Å². The van der Waals surface area contributed by atoms with E-state index in [0.29, 0.717) is 0 Å². The predicted octanol–water partition coefficient (Wildman–Crippen LogP) is 3.17. The van der Waals surface area contributed by atoms with Gasteiger partial charge in [0.05, 0.1) is 5.52 Å². The zero-order valence-corrected chi connectivity index (χ0v) is 11.3. The number of fused-ring (bicyclic) bond motifs is 1. The van der Waals surface area contributed by atoms with E-state index in [-0.39, 0.29) is 5.75 Å². The summed E-state index contributed by atoms with van der Waals surface area (Å²) in [6.45, 7) is 6.63. The highest BCUT2D eigenvalue weighted by Crippen LogP contribution is 2.18. The van der Waals surface area contributed by atoms with Gasteiger partial charge in [-0.05, 0) is 24.3 Å². The molecule has 2 aromatic rings. The van der Waals surface area contributed by atoms with Crippen molar-refractivity contribution in [3.8, 4) is 17.2 Å². The Morgan fingerprint density at radius 3 is 2.65 bits per heavy atom. The Hall–Kier alpha value is -1.79. The molecule has 0 atom stereocenters. The third-order valence-electron chi connectivity index (χ3n) is 2.25. The number of hydrogen-bond donors (Lipinski definition) is 1. The molecule has 0 saturated heterocycles. The summed E-state index contributed by atoms with van der Waals surface area (Å²) in [7, 11) is -1.36. The van der Waals surface area contributed by atoms with Crippen LogP contribution in [0.1, 0.15) is 5.56 Å². The van der Waals surface area contributed by atoms with E-state index >= 15 is 0 Å². The highest BCUT2D eigenvalue weighted by Gasteiger charge is 2.07. The Labute approximate surface area is 102 Å². The van der Waals surface area contributed by atoms with E-state index in [9.17, 15) is 5.11 Å². The highest BCUT2D eigenvalue weighted by atomic mass is 28.3. The molecule has 1 aromatic carbocycles. The minimum atomic E-state index is -1.36. The van der Waals surface area contributed by atoms with Crippen LogP contribution in [-0.4, -0.2) is 18.2 Å². The van der Waals surface area contributed by atoms with Gasteiger partial charge in [0.15, 0.2) is 0 Å². The molecule has 1 aromatic heterocycles. The number of aromatic nitrogens is 1. The molecule has 3 heteroatoms. The van der Waals surface area contributed by atoms with Crippen molar-refractivity contribution in [3.05, 3.63) is 36.0 Å². The largest absolute Gasteiger partial charge is 0.508 e. The van der Waals surface area contributed by atoms with Gasteiger partial charge in [-0.25, -0.2) is 0 Å². The van der Waals surface area contributed by atoms with Gasteiger partial charge < -0.3 is 5.11 Å². The fraction of sp³-hybridized carbons (Fsp3) is 0.214. The van der Waals surface area contributed by atoms with Gasteiger partial charge in [-0.15, -0.1) is 5.54 Å². The lowest BCUT2D eigenvalue weighted by molar-refractivity contribution is 0.476. The summed E-state index contributed by atoms with van der Waals surface area (Å²) >= 11 is 0. The highest BCUT2D eigenvalue weighted by molar-refractivity contribution is 6.83. The lowest BCUT2D eigenvalue weighted by Gasteiger charge is -2.03. The maximum Gasteiger partial charge on any atom is 0.129 e. The molecule has 17 heavy (non-hydrogen) atoms. The van der Waals surface area contributed by atoms with Crippen LogP contribution in [-0.2, 0) is 0 Å². The van der Waals surface area contributed by atoms with E-state index in [2.05, 4.69) is 36.1 Å². The van der Waals surface area contributed by atoms with Crippen molar-refractivity contribution in [1.82, 2.24) is 4.98 Å². The van der Waals surface area contributed by atoms with Crippen LogP contribution in [0.25, 0.3) is 10.9 Å². The van der Waals surface area contributed by atoms with Crippen molar-refractivity contribution in [3.63, 3.8) is 0 Å². The summed E-state index contributed by atoms with van der Waals surface area (Å²) in [5, 5.41) is 10.3. The van der Waals surface area contributed by atoms with E-state index in [4.69, 9.17) is 0 Å². The SMILES string of the molecule is C[Si](C)(C)C#Cc1cnc2ccc(O)cc2c1. The van der Waals surface area contributed by atoms with Gasteiger partial charge in [0.2, 0.25) is 0 Å². The molecule has 0 bridgehead atoms. The van der Waals surface area contributed by atoms with Crippen molar-refractivity contribution in [1.29, 1.82) is 0 Å². The van der Waals surface area contributed by atoms with Crippen LogP contribution < -0.4 is 0 Å². The molecule has 0 aliphatic heterocycles. The molecule has 0 fully saturated rings. The molecule has 0 amide bonds. The molecule has 0 spiro atoms. The number of hydrogen-bond acceptors (Lipinski definition) is 2. The average molecular weight is 241 g/mol. The molecule has 2 nitrogen and oxygen atoms in total. The summed E-state index contributed by atoms with van der Waals surface area (Å²) < 4.78 is 0. The quantitative estimate of drug-likeness (QED) is 0.567. The smallest absolute Gasteiger partial charge is 0.129 e. The Morgan fingerprint density at radius 1 is 1.18 bits per heavy atom. The van der Waals surface area contributed by atoms with Crippen LogP contribution >= 0.6 is 0 Å². The Kier molecular flexibility index (Phi) is 2.91. The van der Waals surface area contributed by atoms with Crippen LogP contribution in [0, 0.1) is 11.5 Å². The first kappa shape index (κ1) is 11.7. The number of aromatic hydroxyl groups is 1. The van der Waals surface area contributed by atoms with Crippen LogP contribution in [0.5, 0.6) is 5.75 Å². The Bertz CT molecular complexity index is 617. The number of phenolic OH excluding ortho intramolecular Hbond substituents is 1. The molecule has 0 aliphatic rings. The summed E-state index contributed by atoms with van der Waals surface area (Å²) in [5.41, 5.74) is 5.09. The van der Waals surface area contributed by atoms with E-state index in [1.807, 2.05) is 6.07 Å². The molecule has 1 heterocycles. The van der Waals surface area contributed by atoms with Gasteiger partial charge >= 0.3 is 0 Å². The fourth-order valence-electron chi connectivity index (χ4n) is 1.45. The van der Waals surface area contributed by atoms with Gasteiger partial charge in [0.25, 0.3) is 0 Å². The maximum absolute atomic E-state index is 9.42. The number of pyridine rings is 1. The lowest BCUT2D eigenvalue weighted by Crippen LogP contribution is -2.16. The monoisotopic (exact) mass is 241 g/mol. The molecule has 0 aliphatic carbocycles. The molecular weight excluding hydrogens is 226 g/mol. The summed E-state index contributed by atoms with van der Waals surface area (Å²) in [6, 6.07) is 7.13. The van der Waals surface area contributed by atoms with Gasteiger partial charge in [-0.3, -0.25) is 4.98 Å². The van der Waals surface area contributed by atoms with Crippen LogP contribution in [0.2, 0.25) is 19.6 Å². The summed E-state index contributed by atoms with van der Waals surface area (Å²) in [6.07, 6.45) is 1.78. The van der Waals surface area contributed by atoms with E-state index in [1.54, 1.807) is 24.4 Å². The molecule has 1 N–H and O–H groups in total. The third kappa shape index (κ3) is 3.08. The molecule has 0 saturated carbocycles. The number of rotatable bonds is 0. The second kappa shape index (κ2) is 4.23. The van der Waals surface area contributed by atoms with E-state index in [1.165, 1.54) is 0 Å².